The lowest BCUT2D eigenvalue weighted by molar-refractivity contribution is 0.373. The van der Waals surface area contributed by atoms with Gasteiger partial charge in [0.25, 0.3) is 0 Å². The molecule has 6 heteroatoms. The molecule has 0 saturated carbocycles. The Balaban J connectivity index is 2.52. The zero-order chi connectivity index (χ0) is 13.3. The standard InChI is InChI=1S/C12H10BrClN2O2/c1-6-10(13)11(14)16-12(15-6)7-3-4-9(18-2)8(17)5-7/h3-5,17H,1-2H3. The van der Waals surface area contributed by atoms with Gasteiger partial charge in [0.2, 0.25) is 0 Å². The van der Waals surface area contributed by atoms with Crippen molar-refractivity contribution in [2.45, 2.75) is 6.92 Å². The molecule has 0 bridgehead atoms. The van der Waals surface area contributed by atoms with Crippen molar-refractivity contribution in [3.8, 4) is 22.9 Å². The van der Waals surface area contributed by atoms with E-state index in [-0.39, 0.29) is 5.75 Å². The molecule has 18 heavy (non-hydrogen) atoms. The smallest absolute Gasteiger partial charge is 0.161 e. The molecule has 94 valence electrons. The number of phenols is 1. The molecule has 4 nitrogen and oxygen atoms in total. The molecule has 1 aromatic carbocycles. The fourth-order valence-electron chi connectivity index (χ4n) is 1.48. The van der Waals surface area contributed by atoms with Crippen molar-refractivity contribution in [1.29, 1.82) is 0 Å². The van der Waals surface area contributed by atoms with Gasteiger partial charge in [-0.05, 0) is 41.1 Å². The zero-order valence-electron chi connectivity index (χ0n) is 9.74. The molecule has 0 unspecified atom stereocenters. The molecule has 0 atom stereocenters. The van der Waals surface area contributed by atoms with Crippen LogP contribution in [0.2, 0.25) is 5.15 Å². The van der Waals surface area contributed by atoms with Crippen LogP contribution in [0.5, 0.6) is 11.5 Å². The van der Waals surface area contributed by atoms with Crippen LogP contribution in [0.3, 0.4) is 0 Å². The maximum absolute atomic E-state index is 9.72. The van der Waals surface area contributed by atoms with Crippen molar-refractivity contribution in [3.63, 3.8) is 0 Å². The summed E-state index contributed by atoms with van der Waals surface area (Å²) in [5.74, 6) is 0.896. The summed E-state index contributed by atoms with van der Waals surface area (Å²) >= 11 is 9.28. The van der Waals surface area contributed by atoms with Crippen LogP contribution in [0.25, 0.3) is 11.4 Å². The van der Waals surface area contributed by atoms with E-state index in [9.17, 15) is 5.11 Å². The van der Waals surface area contributed by atoms with Crippen LogP contribution in [-0.2, 0) is 0 Å². The first-order valence-electron chi connectivity index (χ1n) is 5.10. The van der Waals surface area contributed by atoms with E-state index in [1.165, 1.54) is 13.2 Å². The number of phenolic OH excluding ortho intramolecular Hbond substituents is 1. The summed E-state index contributed by atoms with van der Waals surface area (Å²) in [5.41, 5.74) is 1.41. The Bertz CT molecular complexity index is 582. The van der Waals surface area contributed by atoms with Crippen molar-refractivity contribution in [3.05, 3.63) is 33.5 Å². The van der Waals surface area contributed by atoms with Crippen LogP contribution in [-0.4, -0.2) is 22.2 Å². The van der Waals surface area contributed by atoms with Crippen LogP contribution < -0.4 is 4.74 Å². The maximum Gasteiger partial charge on any atom is 0.161 e. The fraction of sp³-hybridized carbons (Fsp3) is 0.167. The van der Waals surface area contributed by atoms with Gasteiger partial charge in [0.15, 0.2) is 17.3 Å². The Kier molecular flexibility index (Phi) is 3.73. The minimum atomic E-state index is 0.0373. The number of rotatable bonds is 2. The molecule has 0 aliphatic heterocycles. The van der Waals surface area contributed by atoms with E-state index in [0.29, 0.717) is 26.8 Å². The van der Waals surface area contributed by atoms with Gasteiger partial charge in [-0.3, -0.25) is 0 Å². The van der Waals surface area contributed by atoms with Crippen molar-refractivity contribution in [2.75, 3.05) is 7.11 Å². The quantitative estimate of drug-likeness (QED) is 0.856. The maximum atomic E-state index is 9.72. The summed E-state index contributed by atoms with van der Waals surface area (Å²) in [6.45, 7) is 1.82. The van der Waals surface area contributed by atoms with Gasteiger partial charge in [-0.15, -0.1) is 0 Å². The first-order chi connectivity index (χ1) is 8.52. The van der Waals surface area contributed by atoms with Crippen LogP contribution in [0.15, 0.2) is 22.7 Å². The molecule has 0 amide bonds. The topological polar surface area (TPSA) is 55.2 Å². The summed E-state index contributed by atoms with van der Waals surface area (Å²) in [7, 11) is 1.49. The lowest BCUT2D eigenvalue weighted by atomic mass is 10.2. The molecule has 2 rings (SSSR count). The van der Waals surface area contributed by atoms with Gasteiger partial charge in [-0.25, -0.2) is 9.97 Å². The van der Waals surface area contributed by atoms with Crippen LogP contribution in [0.1, 0.15) is 5.69 Å². The number of aromatic hydroxyl groups is 1. The largest absolute Gasteiger partial charge is 0.504 e. The average molecular weight is 330 g/mol. The van der Waals surface area contributed by atoms with Gasteiger partial charge in [0.1, 0.15) is 5.15 Å². The summed E-state index contributed by atoms with van der Waals surface area (Å²) in [6.07, 6.45) is 0. The van der Waals surface area contributed by atoms with Crippen molar-refractivity contribution >= 4 is 27.5 Å². The molecule has 0 radical (unpaired) electrons. The molecule has 1 aromatic heterocycles. The monoisotopic (exact) mass is 328 g/mol. The molecular formula is C12H10BrClN2O2. The van der Waals surface area contributed by atoms with Gasteiger partial charge in [-0.1, -0.05) is 11.6 Å². The lowest BCUT2D eigenvalue weighted by Gasteiger charge is -2.07. The Labute approximate surface area is 118 Å². The molecule has 0 saturated heterocycles. The summed E-state index contributed by atoms with van der Waals surface area (Å²) in [4.78, 5) is 8.46. The molecule has 0 spiro atoms. The first-order valence-corrected chi connectivity index (χ1v) is 6.27. The van der Waals surface area contributed by atoms with Gasteiger partial charge < -0.3 is 9.84 Å². The normalized spacial score (nSPS) is 10.4. The molecule has 1 heterocycles. The third kappa shape index (κ3) is 2.42. The fourth-order valence-corrected chi connectivity index (χ4v) is 1.88. The van der Waals surface area contributed by atoms with E-state index in [4.69, 9.17) is 16.3 Å². The third-order valence-electron chi connectivity index (χ3n) is 2.41. The Morgan fingerprint density at radius 3 is 2.61 bits per heavy atom. The van der Waals surface area contributed by atoms with Crippen LogP contribution in [0, 0.1) is 6.92 Å². The highest BCUT2D eigenvalue weighted by atomic mass is 79.9. The van der Waals surface area contributed by atoms with E-state index in [2.05, 4.69) is 25.9 Å². The lowest BCUT2D eigenvalue weighted by Crippen LogP contribution is -1.94. The Hall–Kier alpha value is -1.33. The van der Waals surface area contributed by atoms with Crippen molar-refractivity contribution in [2.24, 2.45) is 0 Å². The van der Waals surface area contributed by atoms with E-state index in [1.54, 1.807) is 12.1 Å². The second-order valence-electron chi connectivity index (χ2n) is 3.62. The van der Waals surface area contributed by atoms with E-state index < -0.39 is 0 Å². The summed E-state index contributed by atoms with van der Waals surface area (Å²) < 4.78 is 5.65. The van der Waals surface area contributed by atoms with E-state index >= 15 is 0 Å². The number of nitrogens with zero attached hydrogens (tertiary/aromatic N) is 2. The minimum absolute atomic E-state index is 0.0373. The van der Waals surface area contributed by atoms with Gasteiger partial charge in [0.05, 0.1) is 17.3 Å². The summed E-state index contributed by atoms with van der Waals surface area (Å²) in [6, 6.07) is 4.95. The molecule has 0 aliphatic rings. The second-order valence-corrected chi connectivity index (χ2v) is 4.78. The highest BCUT2D eigenvalue weighted by Crippen LogP contribution is 2.32. The minimum Gasteiger partial charge on any atom is -0.504 e. The number of hydrogen-bond donors (Lipinski definition) is 1. The molecule has 2 aromatic rings. The first kappa shape index (κ1) is 13.1. The highest BCUT2D eigenvalue weighted by Gasteiger charge is 2.11. The third-order valence-corrected chi connectivity index (χ3v) is 3.86. The second kappa shape index (κ2) is 5.12. The van der Waals surface area contributed by atoms with Crippen LogP contribution in [0.4, 0.5) is 0 Å². The number of aromatic nitrogens is 2. The Morgan fingerprint density at radius 1 is 1.33 bits per heavy atom. The number of hydrogen-bond acceptors (Lipinski definition) is 4. The molecule has 1 N–H and O–H groups in total. The number of aryl methyl sites for hydroxylation is 1. The van der Waals surface area contributed by atoms with Crippen LogP contribution >= 0.6 is 27.5 Å². The predicted octanol–water partition coefficient (Wildman–Crippen LogP) is 3.58. The number of halogens is 2. The predicted molar refractivity (Wildman–Crippen MR) is 73.1 cm³/mol. The molecular weight excluding hydrogens is 320 g/mol. The van der Waals surface area contributed by atoms with Crippen molar-refractivity contribution < 1.29 is 9.84 Å². The Morgan fingerprint density at radius 2 is 2.06 bits per heavy atom. The zero-order valence-corrected chi connectivity index (χ0v) is 12.1. The van der Waals surface area contributed by atoms with E-state index in [0.717, 1.165) is 5.69 Å². The molecule has 0 aliphatic carbocycles. The number of benzene rings is 1. The SMILES string of the molecule is COc1ccc(-c2nc(C)c(Br)c(Cl)n2)cc1O. The number of ether oxygens (including phenoxy) is 1. The van der Waals surface area contributed by atoms with Crippen molar-refractivity contribution in [1.82, 2.24) is 9.97 Å². The molecule has 0 fully saturated rings. The summed E-state index contributed by atoms with van der Waals surface area (Å²) in [5, 5.41) is 10.1. The van der Waals surface area contributed by atoms with E-state index in [1.807, 2.05) is 6.92 Å². The average Bonchev–Trinajstić information content (AvgIpc) is 2.35. The van der Waals surface area contributed by atoms with Gasteiger partial charge in [-0.2, -0.15) is 0 Å². The van der Waals surface area contributed by atoms with Gasteiger partial charge >= 0.3 is 0 Å². The number of methoxy groups -OCH3 is 1. The van der Waals surface area contributed by atoms with Gasteiger partial charge in [0, 0.05) is 5.56 Å². The highest BCUT2D eigenvalue weighted by molar-refractivity contribution is 9.10.